The summed E-state index contributed by atoms with van der Waals surface area (Å²) in [6, 6.07) is 14.9. The van der Waals surface area contributed by atoms with E-state index in [1.54, 1.807) is 24.3 Å². The quantitative estimate of drug-likeness (QED) is 0.423. The minimum atomic E-state index is -0.0577. The highest BCUT2D eigenvalue weighted by atomic mass is 35.5. The number of aryl methyl sites for hydroxylation is 1. The van der Waals surface area contributed by atoms with Crippen LogP contribution in [0.15, 0.2) is 53.5 Å². The second-order valence-corrected chi connectivity index (χ2v) is 5.86. The highest BCUT2D eigenvalue weighted by molar-refractivity contribution is 6.30. The zero-order valence-electron chi connectivity index (χ0n) is 13.6. The Kier molecular flexibility index (Phi) is 6.63. The fourth-order valence-electron chi connectivity index (χ4n) is 2.11. The van der Waals surface area contributed by atoms with Gasteiger partial charge in [-0.1, -0.05) is 23.7 Å². The van der Waals surface area contributed by atoms with Gasteiger partial charge in [-0.3, -0.25) is 9.79 Å². The SMILES string of the molecule is Cc1cccc(NC(N)=NCCCC(=O)Nc2ccc(Cl)cc2)c1. The Hall–Kier alpha value is -2.53. The number of nitrogens with zero attached hydrogens (tertiary/aromatic N) is 1. The summed E-state index contributed by atoms with van der Waals surface area (Å²) in [6.07, 6.45) is 0.999. The van der Waals surface area contributed by atoms with Crippen molar-refractivity contribution in [1.29, 1.82) is 0 Å². The van der Waals surface area contributed by atoms with Gasteiger partial charge in [0.15, 0.2) is 5.96 Å². The van der Waals surface area contributed by atoms with Crippen LogP contribution in [0.3, 0.4) is 0 Å². The van der Waals surface area contributed by atoms with Gasteiger partial charge in [-0.25, -0.2) is 0 Å². The number of amides is 1. The van der Waals surface area contributed by atoms with Crippen molar-refractivity contribution in [2.75, 3.05) is 17.2 Å². The Morgan fingerprint density at radius 1 is 1.12 bits per heavy atom. The molecule has 0 aliphatic heterocycles. The van der Waals surface area contributed by atoms with Crippen molar-refractivity contribution in [2.24, 2.45) is 10.7 Å². The lowest BCUT2D eigenvalue weighted by molar-refractivity contribution is -0.116. The number of carbonyl (C=O) groups is 1. The third kappa shape index (κ3) is 6.30. The number of halogens is 1. The molecule has 5 nitrogen and oxygen atoms in total. The molecule has 2 rings (SSSR count). The van der Waals surface area contributed by atoms with Crippen LogP contribution >= 0.6 is 11.6 Å². The lowest BCUT2D eigenvalue weighted by atomic mass is 10.2. The zero-order valence-corrected chi connectivity index (χ0v) is 14.3. The molecule has 126 valence electrons. The highest BCUT2D eigenvalue weighted by Gasteiger charge is 2.02. The van der Waals surface area contributed by atoms with Gasteiger partial charge in [0.2, 0.25) is 5.91 Å². The predicted molar refractivity (Wildman–Crippen MR) is 101 cm³/mol. The predicted octanol–water partition coefficient (Wildman–Crippen LogP) is 3.79. The van der Waals surface area contributed by atoms with Crippen LogP contribution in [0.25, 0.3) is 0 Å². The van der Waals surface area contributed by atoms with Crippen molar-refractivity contribution < 1.29 is 4.79 Å². The third-order valence-electron chi connectivity index (χ3n) is 3.26. The van der Waals surface area contributed by atoms with E-state index in [-0.39, 0.29) is 5.91 Å². The summed E-state index contributed by atoms with van der Waals surface area (Å²) < 4.78 is 0. The largest absolute Gasteiger partial charge is 0.370 e. The number of carbonyl (C=O) groups excluding carboxylic acids is 1. The molecule has 0 bridgehead atoms. The molecular weight excluding hydrogens is 324 g/mol. The maximum Gasteiger partial charge on any atom is 0.224 e. The van der Waals surface area contributed by atoms with Crippen LogP contribution in [-0.4, -0.2) is 18.4 Å². The van der Waals surface area contributed by atoms with Gasteiger partial charge >= 0.3 is 0 Å². The van der Waals surface area contributed by atoms with Crippen molar-refractivity contribution in [3.05, 3.63) is 59.1 Å². The van der Waals surface area contributed by atoms with E-state index in [9.17, 15) is 4.79 Å². The van der Waals surface area contributed by atoms with Gasteiger partial charge in [0.1, 0.15) is 0 Å². The van der Waals surface area contributed by atoms with Crippen molar-refractivity contribution in [3.8, 4) is 0 Å². The number of benzene rings is 2. The molecule has 0 heterocycles. The molecule has 1 amide bonds. The van der Waals surface area contributed by atoms with E-state index in [0.717, 1.165) is 16.9 Å². The molecule has 0 unspecified atom stereocenters. The number of hydrogen-bond acceptors (Lipinski definition) is 2. The monoisotopic (exact) mass is 344 g/mol. The molecule has 2 aromatic rings. The van der Waals surface area contributed by atoms with Gasteiger partial charge in [-0.15, -0.1) is 0 Å². The zero-order chi connectivity index (χ0) is 17.4. The van der Waals surface area contributed by atoms with Crippen molar-refractivity contribution in [1.82, 2.24) is 0 Å². The first-order valence-electron chi connectivity index (χ1n) is 7.72. The van der Waals surface area contributed by atoms with E-state index in [0.29, 0.717) is 30.4 Å². The first-order valence-corrected chi connectivity index (χ1v) is 8.10. The van der Waals surface area contributed by atoms with Crippen LogP contribution in [0.4, 0.5) is 11.4 Å². The topological polar surface area (TPSA) is 79.5 Å². The highest BCUT2D eigenvalue weighted by Crippen LogP contribution is 2.13. The molecule has 0 saturated heterocycles. The summed E-state index contributed by atoms with van der Waals surface area (Å²) >= 11 is 5.80. The van der Waals surface area contributed by atoms with Gasteiger partial charge < -0.3 is 16.4 Å². The summed E-state index contributed by atoms with van der Waals surface area (Å²) in [5.41, 5.74) is 8.61. The fraction of sp³-hybridized carbons (Fsp3) is 0.222. The molecule has 0 radical (unpaired) electrons. The summed E-state index contributed by atoms with van der Waals surface area (Å²) in [5.74, 6) is 0.288. The van der Waals surface area contributed by atoms with E-state index >= 15 is 0 Å². The molecule has 2 aromatic carbocycles. The van der Waals surface area contributed by atoms with Crippen LogP contribution in [-0.2, 0) is 4.79 Å². The lowest BCUT2D eigenvalue weighted by Gasteiger charge is -2.07. The third-order valence-corrected chi connectivity index (χ3v) is 3.51. The molecule has 24 heavy (non-hydrogen) atoms. The number of hydrogen-bond donors (Lipinski definition) is 3. The molecule has 0 atom stereocenters. The number of aliphatic imine (C=N–C) groups is 1. The molecule has 6 heteroatoms. The first kappa shape index (κ1) is 17.8. The summed E-state index contributed by atoms with van der Waals surface area (Å²) in [7, 11) is 0. The van der Waals surface area contributed by atoms with E-state index in [1.165, 1.54) is 0 Å². The summed E-state index contributed by atoms with van der Waals surface area (Å²) in [4.78, 5) is 16.1. The van der Waals surface area contributed by atoms with Crippen LogP contribution in [0, 0.1) is 6.92 Å². The maximum absolute atomic E-state index is 11.8. The molecule has 0 saturated carbocycles. The minimum Gasteiger partial charge on any atom is -0.370 e. The van der Waals surface area contributed by atoms with Crippen molar-refractivity contribution in [3.63, 3.8) is 0 Å². The average molecular weight is 345 g/mol. The summed E-state index contributed by atoms with van der Waals surface area (Å²) in [6.45, 7) is 2.50. The number of nitrogens with one attached hydrogen (secondary N) is 2. The summed E-state index contributed by atoms with van der Waals surface area (Å²) in [5, 5.41) is 6.48. The molecule has 4 N–H and O–H groups in total. The van der Waals surface area contributed by atoms with E-state index in [2.05, 4.69) is 15.6 Å². The van der Waals surface area contributed by atoms with Crippen LogP contribution in [0.2, 0.25) is 5.02 Å². The Morgan fingerprint density at radius 2 is 1.88 bits per heavy atom. The smallest absolute Gasteiger partial charge is 0.224 e. The van der Waals surface area contributed by atoms with E-state index in [4.69, 9.17) is 17.3 Å². The van der Waals surface area contributed by atoms with Crippen molar-refractivity contribution in [2.45, 2.75) is 19.8 Å². The van der Waals surface area contributed by atoms with E-state index < -0.39 is 0 Å². The van der Waals surface area contributed by atoms with Crippen LogP contribution < -0.4 is 16.4 Å². The van der Waals surface area contributed by atoms with Gasteiger partial charge in [-0.05, 0) is 55.3 Å². The number of rotatable bonds is 6. The Morgan fingerprint density at radius 3 is 2.58 bits per heavy atom. The Balaban J connectivity index is 1.71. The number of nitrogens with two attached hydrogens (primary N) is 1. The maximum atomic E-state index is 11.8. The van der Waals surface area contributed by atoms with Crippen LogP contribution in [0.5, 0.6) is 0 Å². The fourth-order valence-corrected chi connectivity index (χ4v) is 2.23. The Bertz CT molecular complexity index is 713. The molecule has 0 fully saturated rings. The molecular formula is C18H21ClN4O. The second-order valence-electron chi connectivity index (χ2n) is 5.42. The molecule has 0 aliphatic carbocycles. The number of guanidine groups is 1. The molecule has 0 aliphatic rings. The Labute approximate surface area is 146 Å². The van der Waals surface area contributed by atoms with Crippen LogP contribution in [0.1, 0.15) is 18.4 Å². The lowest BCUT2D eigenvalue weighted by Crippen LogP contribution is -2.23. The van der Waals surface area contributed by atoms with Gasteiger partial charge in [-0.2, -0.15) is 0 Å². The normalized spacial score (nSPS) is 11.2. The van der Waals surface area contributed by atoms with E-state index in [1.807, 2.05) is 31.2 Å². The second kappa shape index (κ2) is 8.93. The van der Waals surface area contributed by atoms with Crippen molar-refractivity contribution >= 4 is 34.8 Å². The van der Waals surface area contributed by atoms with Gasteiger partial charge in [0, 0.05) is 29.4 Å². The number of anilines is 2. The first-order chi connectivity index (χ1) is 11.5. The average Bonchev–Trinajstić information content (AvgIpc) is 2.54. The minimum absolute atomic E-state index is 0.0577. The van der Waals surface area contributed by atoms with Gasteiger partial charge in [0.05, 0.1) is 0 Å². The molecule has 0 spiro atoms. The standard InChI is InChI=1S/C18H21ClN4O/c1-13-4-2-5-16(12-13)23-18(20)21-11-3-6-17(24)22-15-9-7-14(19)8-10-15/h2,4-5,7-10,12H,3,6,11H2,1H3,(H,22,24)(H3,20,21,23). The van der Waals surface area contributed by atoms with Gasteiger partial charge in [0.25, 0.3) is 0 Å². The molecule has 0 aromatic heterocycles.